The van der Waals surface area contributed by atoms with Crippen LogP contribution >= 0.6 is 15.9 Å². The van der Waals surface area contributed by atoms with E-state index in [1.165, 1.54) is 0 Å². The number of rotatable bonds is 3. The van der Waals surface area contributed by atoms with Crippen molar-refractivity contribution in [3.05, 3.63) is 15.9 Å². The molecule has 0 amide bonds. The van der Waals surface area contributed by atoms with Gasteiger partial charge >= 0.3 is 0 Å². The van der Waals surface area contributed by atoms with E-state index in [0.29, 0.717) is 6.42 Å². The molecule has 0 aromatic carbocycles. The molecule has 1 atom stereocenters. The maximum atomic E-state index is 10.0. The van der Waals surface area contributed by atoms with Gasteiger partial charge in [-0.1, -0.05) is 20.8 Å². The zero-order valence-electron chi connectivity index (χ0n) is 10.7. The van der Waals surface area contributed by atoms with Gasteiger partial charge in [-0.3, -0.25) is 4.68 Å². The average Bonchev–Trinajstić information content (AvgIpc) is 2.29. The smallest absolute Gasteiger partial charge is 0.0738 e. The molecule has 0 fully saturated rings. The minimum absolute atomic E-state index is 0.152. The Hall–Kier alpha value is -0.350. The van der Waals surface area contributed by atoms with Crippen molar-refractivity contribution in [2.45, 2.75) is 46.6 Å². The van der Waals surface area contributed by atoms with E-state index in [9.17, 15) is 5.11 Å². The standard InChI is InChI=1S/C12H21BrN2O/c1-8-11(13)10(15(5)14-8)6-9(16)7-12(2,3)4/h9,16H,6-7H2,1-5H3. The van der Waals surface area contributed by atoms with E-state index in [2.05, 4.69) is 41.8 Å². The predicted octanol–water partition coefficient (Wildman–Crippen LogP) is 2.83. The van der Waals surface area contributed by atoms with E-state index >= 15 is 0 Å². The lowest BCUT2D eigenvalue weighted by molar-refractivity contribution is 0.119. The lowest BCUT2D eigenvalue weighted by Crippen LogP contribution is -2.21. The fraction of sp³-hybridized carbons (Fsp3) is 0.750. The molecule has 0 radical (unpaired) electrons. The van der Waals surface area contributed by atoms with E-state index in [0.717, 1.165) is 22.3 Å². The topological polar surface area (TPSA) is 38.0 Å². The molecule has 3 nitrogen and oxygen atoms in total. The van der Waals surface area contributed by atoms with E-state index in [1.807, 2.05) is 18.7 Å². The van der Waals surface area contributed by atoms with Crippen molar-refractivity contribution in [1.29, 1.82) is 0 Å². The molecule has 1 unspecified atom stereocenters. The van der Waals surface area contributed by atoms with Crippen LogP contribution < -0.4 is 0 Å². The summed E-state index contributed by atoms with van der Waals surface area (Å²) < 4.78 is 2.86. The van der Waals surface area contributed by atoms with Crippen molar-refractivity contribution < 1.29 is 5.11 Å². The van der Waals surface area contributed by atoms with Crippen LogP contribution in [0.3, 0.4) is 0 Å². The first-order chi connectivity index (χ1) is 7.20. The molecule has 1 rings (SSSR count). The normalized spacial score (nSPS) is 14.2. The average molecular weight is 289 g/mol. The van der Waals surface area contributed by atoms with Gasteiger partial charge in [-0.25, -0.2) is 0 Å². The van der Waals surface area contributed by atoms with Gasteiger partial charge in [-0.05, 0) is 34.7 Å². The molecule has 0 bridgehead atoms. The van der Waals surface area contributed by atoms with Crippen molar-refractivity contribution in [2.24, 2.45) is 12.5 Å². The summed E-state index contributed by atoms with van der Waals surface area (Å²) in [6.45, 7) is 8.38. The SMILES string of the molecule is Cc1nn(C)c(CC(O)CC(C)(C)C)c1Br. The third-order valence-electron chi connectivity index (χ3n) is 2.54. The highest BCUT2D eigenvalue weighted by molar-refractivity contribution is 9.10. The summed E-state index contributed by atoms with van der Waals surface area (Å²) in [5.41, 5.74) is 2.19. The molecule has 0 aliphatic carbocycles. The molecule has 0 spiro atoms. The molecular formula is C12H21BrN2O. The minimum atomic E-state index is -0.314. The van der Waals surface area contributed by atoms with Crippen LogP contribution in [0.5, 0.6) is 0 Å². The number of aromatic nitrogens is 2. The van der Waals surface area contributed by atoms with Gasteiger partial charge in [0, 0.05) is 13.5 Å². The Morgan fingerprint density at radius 2 is 2.00 bits per heavy atom. The summed E-state index contributed by atoms with van der Waals surface area (Å²) in [7, 11) is 1.91. The van der Waals surface area contributed by atoms with Crippen LogP contribution in [0.25, 0.3) is 0 Å². The van der Waals surface area contributed by atoms with Crippen LogP contribution in [0, 0.1) is 12.3 Å². The predicted molar refractivity (Wildman–Crippen MR) is 69.4 cm³/mol. The van der Waals surface area contributed by atoms with Gasteiger partial charge in [0.05, 0.1) is 22.0 Å². The van der Waals surface area contributed by atoms with Crippen LogP contribution in [0.1, 0.15) is 38.6 Å². The Balaban J connectivity index is 2.73. The van der Waals surface area contributed by atoms with Crippen molar-refractivity contribution in [1.82, 2.24) is 9.78 Å². The monoisotopic (exact) mass is 288 g/mol. The maximum absolute atomic E-state index is 10.0. The lowest BCUT2D eigenvalue weighted by atomic mass is 9.88. The summed E-state index contributed by atoms with van der Waals surface area (Å²) in [6.07, 6.45) is 1.13. The molecule has 1 aromatic rings. The first-order valence-corrected chi connectivity index (χ1v) is 6.36. The van der Waals surface area contributed by atoms with Crippen molar-refractivity contribution >= 4 is 15.9 Å². The Morgan fingerprint density at radius 3 is 2.38 bits per heavy atom. The molecule has 0 saturated heterocycles. The minimum Gasteiger partial charge on any atom is -0.393 e. The highest BCUT2D eigenvalue weighted by Crippen LogP contribution is 2.26. The molecule has 0 aliphatic heterocycles. The molecule has 16 heavy (non-hydrogen) atoms. The second kappa shape index (κ2) is 4.88. The van der Waals surface area contributed by atoms with Crippen LogP contribution in [0.4, 0.5) is 0 Å². The molecule has 92 valence electrons. The molecule has 1 aromatic heterocycles. The van der Waals surface area contributed by atoms with Crippen LogP contribution in [-0.4, -0.2) is 21.0 Å². The molecule has 1 N–H and O–H groups in total. The molecule has 1 heterocycles. The molecular weight excluding hydrogens is 268 g/mol. The Kier molecular flexibility index (Phi) is 4.18. The first kappa shape index (κ1) is 13.7. The highest BCUT2D eigenvalue weighted by atomic mass is 79.9. The summed E-state index contributed by atoms with van der Waals surface area (Å²) in [5, 5.41) is 14.4. The van der Waals surface area contributed by atoms with Gasteiger partial charge < -0.3 is 5.11 Å². The zero-order valence-corrected chi connectivity index (χ0v) is 12.3. The number of nitrogens with zero attached hydrogens (tertiary/aromatic N) is 2. The third-order valence-corrected chi connectivity index (χ3v) is 3.57. The summed E-state index contributed by atoms with van der Waals surface area (Å²) in [4.78, 5) is 0. The summed E-state index contributed by atoms with van der Waals surface area (Å²) in [6, 6.07) is 0. The molecule has 4 heteroatoms. The number of hydrogen-bond acceptors (Lipinski definition) is 2. The van der Waals surface area contributed by atoms with Gasteiger partial charge in [0.15, 0.2) is 0 Å². The van der Waals surface area contributed by atoms with Crippen LogP contribution in [0.15, 0.2) is 4.47 Å². The largest absolute Gasteiger partial charge is 0.393 e. The van der Waals surface area contributed by atoms with Gasteiger partial charge in [-0.2, -0.15) is 5.10 Å². The number of hydrogen-bond donors (Lipinski definition) is 1. The van der Waals surface area contributed by atoms with Crippen LogP contribution in [0.2, 0.25) is 0 Å². The summed E-state index contributed by atoms with van der Waals surface area (Å²) >= 11 is 3.51. The summed E-state index contributed by atoms with van der Waals surface area (Å²) in [5.74, 6) is 0. The van der Waals surface area contributed by atoms with E-state index < -0.39 is 0 Å². The Labute approximate surface area is 106 Å². The number of halogens is 1. The Bertz CT molecular complexity index is 366. The fourth-order valence-electron chi connectivity index (χ4n) is 1.90. The van der Waals surface area contributed by atoms with E-state index in [1.54, 1.807) is 0 Å². The zero-order chi connectivity index (χ0) is 12.5. The van der Waals surface area contributed by atoms with Crippen molar-refractivity contribution in [2.75, 3.05) is 0 Å². The van der Waals surface area contributed by atoms with Gasteiger partial charge in [0.1, 0.15) is 0 Å². The van der Waals surface area contributed by atoms with Crippen molar-refractivity contribution in [3.63, 3.8) is 0 Å². The van der Waals surface area contributed by atoms with Gasteiger partial charge in [-0.15, -0.1) is 0 Å². The molecule has 0 aliphatic rings. The highest BCUT2D eigenvalue weighted by Gasteiger charge is 2.20. The van der Waals surface area contributed by atoms with E-state index in [4.69, 9.17) is 0 Å². The second-order valence-corrected chi connectivity index (χ2v) is 6.39. The quantitative estimate of drug-likeness (QED) is 0.929. The lowest BCUT2D eigenvalue weighted by Gasteiger charge is -2.22. The fourth-order valence-corrected chi connectivity index (χ4v) is 2.40. The second-order valence-electron chi connectivity index (χ2n) is 5.59. The molecule has 0 saturated carbocycles. The first-order valence-electron chi connectivity index (χ1n) is 5.57. The van der Waals surface area contributed by atoms with Crippen LogP contribution in [-0.2, 0) is 13.5 Å². The van der Waals surface area contributed by atoms with Crippen molar-refractivity contribution in [3.8, 4) is 0 Å². The Morgan fingerprint density at radius 1 is 1.44 bits per heavy atom. The van der Waals surface area contributed by atoms with E-state index in [-0.39, 0.29) is 11.5 Å². The van der Waals surface area contributed by atoms with Gasteiger partial charge in [0.25, 0.3) is 0 Å². The number of aliphatic hydroxyl groups is 1. The van der Waals surface area contributed by atoms with Gasteiger partial charge in [0.2, 0.25) is 0 Å². The number of aryl methyl sites for hydroxylation is 2. The maximum Gasteiger partial charge on any atom is 0.0738 e. The third kappa shape index (κ3) is 3.59. The number of aliphatic hydroxyl groups excluding tert-OH is 1.